The fraction of sp³-hybridized carbons (Fsp3) is 0. The molecule has 0 saturated carbocycles. The van der Waals surface area contributed by atoms with Crippen LogP contribution in [-0.4, -0.2) is 17.5 Å². The molecule has 0 spiro atoms. The Hall–Kier alpha value is 1.15. The van der Waals surface area contributed by atoms with Gasteiger partial charge in [-0.15, -0.1) is 0 Å². The van der Waals surface area contributed by atoms with E-state index in [1.54, 1.807) is 0 Å². The molecule has 0 heterocycles. The maximum absolute atomic E-state index is 8.63. The molecule has 7 heavy (non-hydrogen) atoms. The monoisotopic (exact) mass is 271 g/mol. The summed E-state index contributed by atoms with van der Waals surface area (Å²) in [6.45, 7) is 0. The van der Waals surface area contributed by atoms with Gasteiger partial charge in [0.25, 0.3) is 0 Å². The van der Waals surface area contributed by atoms with Crippen molar-refractivity contribution in [2.45, 2.75) is 0 Å². The summed E-state index contributed by atoms with van der Waals surface area (Å²) in [6.07, 6.45) is 0. The van der Waals surface area contributed by atoms with Crippen LogP contribution in [0.5, 0.6) is 0 Å². The number of hydrogen-bond acceptors (Lipinski definition) is 3. The molecule has 0 aliphatic carbocycles. The SMILES string of the molecule is O=S(=O)([O-])O.[Gd+3].[O-2]. The predicted molar refractivity (Wildman–Crippen MR) is 13.0 cm³/mol. The van der Waals surface area contributed by atoms with E-state index in [0.717, 1.165) is 0 Å². The van der Waals surface area contributed by atoms with E-state index >= 15 is 0 Å². The van der Waals surface area contributed by atoms with Crippen molar-refractivity contribution in [2.75, 3.05) is 0 Å². The van der Waals surface area contributed by atoms with Crippen molar-refractivity contribution >= 4 is 10.4 Å². The van der Waals surface area contributed by atoms with Crippen LogP contribution in [0.2, 0.25) is 0 Å². The van der Waals surface area contributed by atoms with Crippen LogP contribution in [0.25, 0.3) is 0 Å². The molecule has 0 rings (SSSR count). The van der Waals surface area contributed by atoms with Crippen LogP contribution < -0.4 is 0 Å². The standard InChI is InChI=1S/Gd.H2O4S.O/c;1-5(2,3)4;/h;(H2,1,2,3,4);/q+3;;-2/p-1. The van der Waals surface area contributed by atoms with E-state index < -0.39 is 10.4 Å². The molecule has 0 unspecified atom stereocenters. The zero-order valence-corrected chi connectivity index (χ0v) is 5.93. The van der Waals surface area contributed by atoms with Crippen molar-refractivity contribution in [1.29, 1.82) is 0 Å². The van der Waals surface area contributed by atoms with Gasteiger partial charge in [-0.1, -0.05) is 0 Å². The first-order valence-electron chi connectivity index (χ1n) is 0.683. The van der Waals surface area contributed by atoms with Crippen LogP contribution in [0.3, 0.4) is 0 Å². The molecule has 0 bridgehead atoms. The summed E-state index contributed by atoms with van der Waals surface area (Å²) < 4.78 is 32.8. The Labute approximate surface area is 72.7 Å². The van der Waals surface area contributed by atoms with Crippen molar-refractivity contribution in [3.05, 3.63) is 0 Å². The topological polar surface area (TPSA) is 106 Å². The van der Waals surface area contributed by atoms with Crippen LogP contribution >= 0.6 is 0 Å². The van der Waals surface area contributed by atoms with Gasteiger partial charge in [-0.05, 0) is 0 Å². The van der Waals surface area contributed by atoms with E-state index in [0.29, 0.717) is 0 Å². The Morgan fingerprint density at radius 1 is 1.43 bits per heavy atom. The van der Waals surface area contributed by atoms with Crippen molar-refractivity contribution < 1.29 is 62.9 Å². The summed E-state index contributed by atoms with van der Waals surface area (Å²) in [7, 11) is -4.92. The largest absolute Gasteiger partial charge is 3.00 e. The average Bonchev–Trinajstić information content (AvgIpc) is 0.722. The maximum Gasteiger partial charge on any atom is 3.00 e. The first kappa shape index (κ1) is 15.7. The van der Waals surface area contributed by atoms with E-state index in [4.69, 9.17) is 17.5 Å². The Morgan fingerprint density at radius 2 is 1.43 bits per heavy atom. The van der Waals surface area contributed by atoms with Gasteiger partial charge in [-0.3, -0.25) is 4.55 Å². The third-order valence-corrected chi connectivity index (χ3v) is 0. The molecule has 0 aromatic heterocycles. The second kappa shape index (κ2) is 5.29. The van der Waals surface area contributed by atoms with Gasteiger partial charge in [0.15, 0.2) is 0 Å². The molecular weight excluding hydrogens is 269 g/mol. The molecule has 0 aliphatic heterocycles. The van der Waals surface area contributed by atoms with Gasteiger partial charge < -0.3 is 10.0 Å². The maximum atomic E-state index is 8.63. The summed E-state index contributed by atoms with van der Waals surface area (Å²) in [5.41, 5.74) is 0. The van der Waals surface area contributed by atoms with Crippen LogP contribution in [0.1, 0.15) is 0 Å². The van der Waals surface area contributed by atoms with Gasteiger partial charge in [0.1, 0.15) is 0 Å². The second-order valence-electron chi connectivity index (χ2n) is 0.428. The molecule has 1 N–H and O–H groups in total. The van der Waals surface area contributed by atoms with E-state index in [1.165, 1.54) is 0 Å². The van der Waals surface area contributed by atoms with Gasteiger partial charge in [0, 0.05) is 0 Å². The van der Waals surface area contributed by atoms with E-state index in [1.807, 2.05) is 0 Å². The molecular formula is HGdO5S. The molecule has 0 saturated heterocycles. The molecule has 7 heteroatoms. The molecule has 0 amide bonds. The number of rotatable bonds is 0. The smallest absolute Gasteiger partial charge is 2.00 e. The third-order valence-electron chi connectivity index (χ3n) is 0. The zero-order valence-electron chi connectivity index (χ0n) is 2.84. The molecule has 0 aromatic carbocycles. The Balaban J connectivity index is -0.0000000800. The van der Waals surface area contributed by atoms with E-state index in [2.05, 4.69) is 0 Å². The Kier molecular flexibility index (Phi) is 11.9. The van der Waals surface area contributed by atoms with Gasteiger partial charge >= 0.3 is 39.9 Å². The fourth-order valence-corrected chi connectivity index (χ4v) is 0. The summed E-state index contributed by atoms with van der Waals surface area (Å²) >= 11 is 0. The van der Waals surface area contributed by atoms with Gasteiger partial charge in [0.05, 0.1) is 0 Å². The van der Waals surface area contributed by atoms with E-state index in [9.17, 15) is 0 Å². The molecule has 0 aromatic rings. The molecule has 5 nitrogen and oxygen atoms in total. The fourth-order valence-electron chi connectivity index (χ4n) is 0. The minimum absolute atomic E-state index is 0. The van der Waals surface area contributed by atoms with Gasteiger partial charge in [-0.2, -0.15) is 0 Å². The van der Waals surface area contributed by atoms with Gasteiger partial charge in [-0.25, -0.2) is 8.42 Å². The van der Waals surface area contributed by atoms with Crippen molar-refractivity contribution in [2.24, 2.45) is 0 Å². The van der Waals surface area contributed by atoms with Crippen LogP contribution in [0.15, 0.2) is 0 Å². The quantitative estimate of drug-likeness (QED) is 0.445. The van der Waals surface area contributed by atoms with Crippen LogP contribution in [0, 0.1) is 39.9 Å². The molecule has 0 atom stereocenters. The average molecular weight is 270 g/mol. The van der Waals surface area contributed by atoms with Crippen molar-refractivity contribution in [3.8, 4) is 0 Å². The first-order valence-corrected chi connectivity index (χ1v) is 2.05. The molecule has 1 radical (unpaired) electrons. The summed E-state index contributed by atoms with van der Waals surface area (Å²) in [5.74, 6) is 0. The minimum Gasteiger partial charge on any atom is -2.00 e. The summed E-state index contributed by atoms with van der Waals surface area (Å²) in [4.78, 5) is 0. The zero-order chi connectivity index (χ0) is 4.50. The first-order chi connectivity index (χ1) is 2.00. The second-order valence-corrected chi connectivity index (χ2v) is 1.28. The number of hydrogen-bond donors (Lipinski definition) is 1. The van der Waals surface area contributed by atoms with Crippen molar-refractivity contribution in [3.63, 3.8) is 0 Å². The van der Waals surface area contributed by atoms with Gasteiger partial charge in [0.2, 0.25) is 10.4 Å². The summed E-state index contributed by atoms with van der Waals surface area (Å²) in [6, 6.07) is 0. The molecule has 0 aliphatic rings. The van der Waals surface area contributed by atoms with Crippen LogP contribution in [-0.2, 0) is 15.9 Å². The molecule has 45 valence electrons. The third kappa shape index (κ3) is 143. The minimum atomic E-state index is -4.92. The molecule has 0 fully saturated rings. The predicted octanol–water partition coefficient (Wildman–Crippen LogP) is -1.11. The Morgan fingerprint density at radius 3 is 1.43 bits per heavy atom. The Bertz CT molecular complexity index is 91.2. The van der Waals surface area contributed by atoms with Crippen LogP contribution in [0.4, 0.5) is 0 Å². The summed E-state index contributed by atoms with van der Waals surface area (Å²) in [5, 5.41) is 0. The normalized spacial score (nSPS) is 8.29. The van der Waals surface area contributed by atoms with E-state index in [-0.39, 0.29) is 45.4 Å². The van der Waals surface area contributed by atoms with Crippen molar-refractivity contribution in [1.82, 2.24) is 0 Å².